The Labute approximate surface area is 110 Å². The van der Waals surface area contributed by atoms with E-state index in [2.05, 4.69) is 35.5 Å². The van der Waals surface area contributed by atoms with Crippen LogP contribution in [0.3, 0.4) is 0 Å². The average molecular weight is 265 g/mol. The third-order valence-corrected chi connectivity index (χ3v) is 4.31. The molecule has 0 fully saturated rings. The summed E-state index contributed by atoms with van der Waals surface area (Å²) in [5.74, 6) is 0. The topological polar surface area (TPSA) is 33.1 Å². The van der Waals surface area contributed by atoms with Crippen molar-refractivity contribution in [1.82, 2.24) is 4.98 Å². The molecule has 0 bridgehead atoms. The molecule has 1 aromatic carbocycles. The zero-order chi connectivity index (χ0) is 12.5. The quantitative estimate of drug-likeness (QED) is 0.858. The minimum atomic E-state index is -0.859. The van der Waals surface area contributed by atoms with Gasteiger partial charge in [0.05, 0.1) is 5.69 Å². The molecular weight excluding hydrogens is 250 g/mol. The Morgan fingerprint density at radius 2 is 1.88 bits per heavy atom. The van der Waals surface area contributed by atoms with Crippen molar-refractivity contribution in [3.8, 4) is 11.3 Å². The standard InChI is InChI=1S/C13H15NOS2/c1-13(2,15)12-14-11(8-17-12)9-4-6-10(16-3)7-5-9/h4-8,15H,1-3H3. The fourth-order valence-electron chi connectivity index (χ4n) is 1.45. The highest BCUT2D eigenvalue weighted by molar-refractivity contribution is 7.98. The molecule has 1 aromatic heterocycles. The number of hydrogen-bond acceptors (Lipinski definition) is 4. The van der Waals surface area contributed by atoms with E-state index in [0.717, 1.165) is 16.3 Å². The highest BCUT2D eigenvalue weighted by Crippen LogP contribution is 2.29. The second-order valence-electron chi connectivity index (χ2n) is 4.33. The first kappa shape index (κ1) is 12.6. The molecule has 0 radical (unpaired) electrons. The van der Waals surface area contributed by atoms with Crippen LogP contribution in [-0.4, -0.2) is 16.3 Å². The lowest BCUT2D eigenvalue weighted by atomic mass is 10.1. The van der Waals surface area contributed by atoms with Gasteiger partial charge >= 0.3 is 0 Å². The molecule has 4 heteroatoms. The molecule has 2 rings (SSSR count). The molecule has 1 heterocycles. The van der Waals surface area contributed by atoms with Gasteiger partial charge < -0.3 is 5.11 Å². The zero-order valence-electron chi connectivity index (χ0n) is 10.1. The van der Waals surface area contributed by atoms with E-state index in [1.807, 2.05) is 5.38 Å². The predicted molar refractivity (Wildman–Crippen MR) is 74.6 cm³/mol. The summed E-state index contributed by atoms with van der Waals surface area (Å²) in [6.45, 7) is 3.51. The molecule has 1 N–H and O–H groups in total. The van der Waals surface area contributed by atoms with Crippen LogP contribution < -0.4 is 0 Å². The maximum atomic E-state index is 9.88. The third-order valence-electron chi connectivity index (χ3n) is 2.41. The van der Waals surface area contributed by atoms with Gasteiger partial charge in [0.1, 0.15) is 10.6 Å². The Hall–Kier alpha value is -0.840. The van der Waals surface area contributed by atoms with E-state index in [9.17, 15) is 5.11 Å². The highest BCUT2D eigenvalue weighted by atomic mass is 32.2. The predicted octanol–water partition coefficient (Wildman–Crippen LogP) is 3.76. The van der Waals surface area contributed by atoms with Gasteiger partial charge in [0.2, 0.25) is 0 Å². The van der Waals surface area contributed by atoms with Gasteiger partial charge in [-0.1, -0.05) is 12.1 Å². The summed E-state index contributed by atoms with van der Waals surface area (Å²) < 4.78 is 0. The van der Waals surface area contributed by atoms with E-state index >= 15 is 0 Å². The number of hydrogen-bond donors (Lipinski definition) is 1. The van der Waals surface area contributed by atoms with E-state index in [4.69, 9.17) is 0 Å². The molecule has 0 saturated heterocycles. The van der Waals surface area contributed by atoms with Crippen LogP contribution in [-0.2, 0) is 5.60 Å². The molecule has 90 valence electrons. The van der Waals surface area contributed by atoms with Crippen molar-refractivity contribution in [1.29, 1.82) is 0 Å². The maximum Gasteiger partial charge on any atom is 0.124 e. The number of thioether (sulfide) groups is 1. The van der Waals surface area contributed by atoms with Crippen LogP contribution >= 0.6 is 23.1 Å². The molecule has 0 unspecified atom stereocenters. The average Bonchev–Trinajstić information content (AvgIpc) is 2.78. The third kappa shape index (κ3) is 2.89. The Kier molecular flexibility index (Phi) is 3.56. The molecule has 0 spiro atoms. The van der Waals surface area contributed by atoms with Gasteiger partial charge in [-0.15, -0.1) is 23.1 Å². The van der Waals surface area contributed by atoms with Crippen LogP contribution in [0.2, 0.25) is 0 Å². The highest BCUT2D eigenvalue weighted by Gasteiger charge is 2.20. The van der Waals surface area contributed by atoms with Crippen molar-refractivity contribution in [3.63, 3.8) is 0 Å². The van der Waals surface area contributed by atoms with Gasteiger partial charge in [0, 0.05) is 15.8 Å². The summed E-state index contributed by atoms with van der Waals surface area (Å²) in [5.41, 5.74) is 1.16. The molecule has 0 aliphatic rings. The smallest absolute Gasteiger partial charge is 0.124 e. The molecule has 0 atom stereocenters. The van der Waals surface area contributed by atoms with Crippen LogP contribution in [0.15, 0.2) is 34.5 Å². The SMILES string of the molecule is CSc1ccc(-c2csc(C(C)(C)O)n2)cc1. The lowest BCUT2D eigenvalue weighted by molar-refractivity contribution is 0.0783. The van der Waals surface area contributed by atoms with Crippen LogP contribution in [0.1, 0.15) is 18.9 Å². The summed E-state index contributed by atoms with van der Waals surface area (Å²) in [7, 11) is 0. The van der Waals surface area contributed by atoms with Gasteiger partial charge in [0.25, 0.3) is 0 Å². The summed E-state index contributed by atoms with van der Waals surface area (Å²) >= 11 is 3.22. The summed E-state index contributed by atoms with van der Waals surface area (Å²) in [6, 6.07) is 8.30. The van der Waals surface area contributed by atoms with Crippen molar-refractivity contribution in [2.45, 2.75) is 24.3 Å². The zero-order valence-corrected chi connectivity index (χ0v) is 11.7. The Morgan fingerprint density at radius 3 is 2.35 bits per heavy atom. The first-order valence-electron chi connectivity index (χ1n) is 5.33. The molecule has 0 aliphatic carbocycles. The van der Waals surface area contributed by atoms with Gasteiger partial charge in [0.15, 0.2) is 0 Å². The lowest BCUT2D eigenvalue weighted by Crippen LogP contribution is -2.14. The van der Waals surface area contributed by atoms with Crippen LogP contribution in [0.5, 0.6) is 0 Å². The lowest BCUT2D eigenvalue weighted by Gasteiger charge is -2.12. The number of nitrogens with zero attached hydrogens (tertiary/aromatic N) is 1. The Morgan fingerprint density at radius 1 is 1.24 bits per heavy atom. The second-order valence-corrected chi connectivity index (χ2v) is 6.06. The molecule has 2 aromatic rings. The minimum absolute atomic E-state index is 0.751. The summed E-state index contributed by atoms with van der Waals surface area (Å²) in [6.07, 6.45) is 2.06. The van der Waals surface area contributed by atoms with E-state index in [1.54, 1.807) is 25.6 Å². The number of aromatic nitrogens is 1. The monoisotopic (exact) mass is 265 g/mol. The fraction of sp³-hybridized carbons (Fsp3) is 0.308. The van der Waals surface area contributed by atoms with Crippen molar-refractivity contribution in [2.75, 3.05) is 6.26 Å². The molecule has 17 heavy (non-hydrogen) atoms. The van der Waals surface area contributed by atoms with Crippen molar-refractivity contribution < 1.29 is 5.11 Å². The normalized spacial score (nSPS) is 11.8. The summed E-state index contributed by atoms with van der Waals surface area (Å²) in [4.78, 5) is 5.71. The van der Waals surface area contributed by atoms with E-state index < -0.39 is 5.60 Å². The van der Waals surface area contributed by atoms with Crippen LogP contribution in [0.25, 0.3) is 11.3 Å². The Balaban J connectivity index is 2.30. The fourth-order valence-corrected chi connectivity index (χ4v) is 2.71. The van der Waals surface area contributed by atoms with E-state index in [-0.39, 0.29) is 0 Å². The van der Waals surface area contributed by atoms with Gasteiger partial charge in [-0.3, -0.25) is 0 Å². The number of benzene rings is 1. The molecule has 0 amide bonds. The van der Waals surface area contributed by atoms with Gasteiger partial charge in [-0.05, 0) is 32.2 Å². The second kappa shape index (κ2) is 4.80. The van der Waals surface area contributed by atoms with Gasteiger partial charge in [-0.2, -0.15) is 0 Å². The number of aliphatic hydroxyl groups is 1. The summed E-state index contributed by atoms with van der Waals surface area (Å²) in [5, 5.41) is 12.6. The van der Waals surface area contributed by atoms with E-state index in [1.165, 1.54) is 16.2 Å². The maximum absolute atomic E-state index is 9.88. The first-order valence-corrected chi connectivity index (χ1v) is 7.44. The minimum Gasteiger partial charge on any atom is -0.383 e. The first-order chi connectivity index (χ1) is 8.00. The number of rotatable bonds is 3. The van der Waals surface area contributed by atoms with Gasteiger partial charge in [-0.25, -0.2) is 4.98 Å². The molecule has 0 saturated carbocycles. The van der Waals surface area contributed by atoms with Crippen molar-refractivity contribution in [3.05, 3.63) is 34.7 Å². The van der Waals surface area contributed by atoms with Crippen molar-refractivity contribution >= 4 is 23.1 Å². The van der Waals surface area contributed by atoms with Crippen LogP contribution in [0.4, 0.5) is 0 Å². The largest absolute Gasteiger partial charge is 0.383 e. The Bertz CT molecular complexity index is 497. The van der Waals surface area contributed by atoms with Crippen molar-refractivity contribution in [2.24, 2.45) is 0 Å². The molecule has 0 aliphatic heterocycles. The van der Waals surface area contributed by atoms with E-state index in [0.29, 0.717) is 0 Å². The number of thiazole rings is 1. The van der Waals surface area contributed by atoms with Crippen LogP contribution in [0, 0.1) is 0 Å². The molecule has 2 nitrogen and oxygen atoms in total. The molecular formula is C13H15NOS2.